The number of hydrogen-bond donors (Lipinski definition) is 2. The summed E-state index contributed by atoms with van der Waals surface area (Å²) in [5.41, 5.74) is 15.1. The number of hydrogen-bond acceptors (Lipinski definition) is 3. The van der Waals surface area contributed by atoms with Crippen LogP contribution in [-0.4, -0.2) is 5.78 Å². The van der Waals surface area contributed by atoms with Gasteiger partial charge in [0.1, 0.15) is 0 Å². The first kappa shape index (κ1) is 10.6. The Kier molecular flexibility index (Phi) is 2.18. The number of nitrogens with two attached hydrogens (primary N) is 2. The van der Waals surface area contributed by atoms with E-state index in [9.17, 15) is 4.79 Å². The minimum Gasteiger partial charge on any atom is -0.398 e. The molecule has 2 aliphatic rings. The molecule has 0 radical (unpaired) electrons. The average molecular weight is 230 g/mol. The highest BCUT2D eigenvalue weighted by atomic mass is 16.1. The fourth-order valence-electron chi connectivity index (χ4n) is 3.55. The van der Waals surface area contributed by atoms with Gasteiger partial charge in [0.05, 0.1) is 0 Å². The molecule has 17 heavy (non-hydrogen) atoms. The predicted molar refractivity (Wildman–Crippen MR) is 68.8 cm³/mol. The van der Waals surface area contributed by atoms with Crippen molar-refractivity contribution in [3.05, 3.63) is 23.3 Å². The van der Waals surface area contributed by atoms with E-state index in [1.54, 1.807) is 6.07 Å². The summed E-state index contributed by atoms with van der Waals surface area (Å²) in [6, 6.07) is 3.58. The molecular formula is C14H18N2O. The second-order valence-electron chi connectivity index (χ2n) is 5.58. The van der Waals surface area contributed by atoms with Crippen LogP contribution < -0.4 is 11.5 Å². The van der Waals surface area contributed by atoms with Crippen molar-refractivity contribution in [1.29, 1.82) is 0 Å². The van der Waals surface area contributed by atoms with Gasteiger partial charge in [-0.2, -0.15) is 0 Å². The third-order valence-electron chi connectivity index (χ3n) is 4.41. The van der Waals surface area contributed by atoms with Gasteiger partial charge in [0.15, 0.2) is 5.78 Å². The molecule has 0 unspecified atom stereocenters. The largest absolute Gasteiger partial charge is 0.398 e. The highest BCUT2D eigenvalue weighted by molar-refractivity contribution is 6.04. The number of nitrogen functional groups attached to an aromatic ring is 2. The molecule has 1 spiro atoms. The summed E-state index contributed by atoms with van der Waals surface area (Å²) in [6.45, 7) is 0. The van der Waals surface area contributed by atoms with Crippen LogP contribution >= 0.6 is 0 Å². The van der Waals surface area contributed by atoms with Crippen molar-refractivity contribution < 1.29 is 4.79 Å². The van der Waals surface area contributed by atoms with E-state index in [0.29, 0.717) is 17.7 Å². The zero-order valence-corrected chi connectivity index (χ0v) is 9.96. The van der Waals surface area contributed by atoms with Crippen LogP contribution in [0.15, 0.2) is 12.1 Å². The summed E-state index contributed by atoms with van der Waals surface area (Å²) in [5, 5.41) is 0. The normalized spacial score (nSPS) is 21.8. The quantitative estimate of drug-likeness (QED) is 0.673. The molecule has 0 bridgehead atoms. The summed E-state index contributed by atoms with van der Waals surface area (Å²) < 4.78 is 0. The fraction of sp³-hybridized carbons (Fsp3) is 0.500. The predicted octanol–water partition coefficient (Wildman–Crippen LogP) is 2.54. The number of fused-ring (bicyclic) bond motifs is 1. The molecular weight excluding hydrogens is 212 g/mol. The van der Waals surface area contributed by atoms with Gasteiger partial charge in [-0.15, -0.1) is 0 Å². The first-order valence-corrected chi connectivity index (χ1v) is 6.31. The molecule has 3 nitrogen and oxygen atoms in total. The Balaban J connectivity index is 2.12. The van der Waals surface area contributed by atoms with Crippen molar-refractivity contribution in [2.75, 3.05) is 11.5 Å². The summed E-state index contributed by atoms with van der Waals surface area (Å²) in [6.07, 6.45) is 6.40. The summed E-state index contributed by atoms with van der Waals surface area (Å²) >= 11 is 0. The molecule has 0 aliphatic heterocycles. The molecule has 4 N–H and O–H groups in total. The van der Waals surface area contributed by atoms with Crippen LogP contribution in [0.25, 0.3) is 0 Å². The number of rotatable bonds is 0. The van der Waals surface area contributed by atoms with Crippen LogP contribution in [0.5, 0.6) is 0 Å². The second-order valence-corrected chi connectivity index (χ2v) is 5.58. The van der Waals surface area contributed by atoms with Crippen molar-refractivity contribution >= 4 is 17.2 Å². The zero-order valence-electron chi connectivity index (χ0n) is 9.96. The molecule has 90 valence electrons. The maximum atomic E-state index is 12.3. The molecule has 0 saturated heterocycles. The summed E-state index contributed by atoms with van der Waals surface area (Å²) in [4.78, 5) is 12.3. The van der Waals surface area contributed by atoms with Crippen LogP contribution in [0.1, 0.15) is 48.0 Å². The van der Waals surface area contributed by atoms with Gasteiger partial charge < -0.3 is 11.5 Å². The van der Waals surface area contributed by atoms with Gasteiger partial charge in [-0.3, -0.25) is 4.79 Å². The van der Waals surface area contributed by atoms with Gasteiger partial charge in [0.25, 0.3) is 0 Å². The molecule has 2 aliphatic carbocycles. The van der Waals surface area contributed by atoms with Gasteiger partial charge in [0, 0.05) is 23.4 Å². The topological polar surface area (TPSA) is 69.1 Å². The Labute approximate surface area is 101 Å². The molecule has 0 heterocycles. The third kappa shape index (κ3) is 1.53. The van der Waals surface area contributed by atoms with E-state index in [-0.39, 0.29) is 11.2 Å². The lowest BCUT2D eigenvalue weighted by atomic mass is 9.69. The number of carbonyl (C=O) groups is 1. The van der Waals surface area contributed by atoms with E-state index in [0.717, 1.165) is 30.5 Å². The minimum atomic E-state index is 0.187. The molecule has 0 aromatic heterocycles. The van der Waals surface area contributed by atoms with E-state index in [4.69, 9.17) is 11.5 Å². The summed E-state index contributed by atoms with van der Waals surface area (Å²) in [7, 11) is 0. The average Bonchev–Trinajstić information content (AvgIpc) is 2.71. The Morgan fingerprint density at radius 2 is 1.65 bits per heavy atom. The van der Waals surface area contributed by atoms with Crippen LogP contribution in [0, 0.1) is 5.41 Å². The number of anilines is 2. The molecule has 0 atom stereocenters. The highest BCUT2D eigenvalue weighted by Gasteiger charge is 2.41. The van der Waals surface area contributed by atoms with E-state index in [1.807, 2.05) is 6.07 Å². The van der Waals surface area contributed by atoms with Gasteiger partial charge in [-0.05, 0) is 42.4 Å². The number of ketones is 1. The molecule has 1 aromatic rings. The molecule has 1 saturated carbocycles. The van der Waals surface area contributed by atoms with E-state index in [2.05, 4.69) is 0 Å². The fourth-order valence-corrected chi connectivity index (χ4v) is 3.55. The zero-order chi connectivity index (χ0) is 12.0. The van der Waals surface area contributed by atoms with Crippen molar-refractivity contribution in [3.8, 4) is 0 Å². The second kappa shape index (κ2) is 3.49. The smallest absolute Gasteiger partial charge is 0.165 e. The standard InChI is InChI=1S/C14H18N2O/c15-10-3-4-11(16)13-9(10)7-14(8-12(13)17)5-1-2-6-14/h3-4H,1-2,5-8,15-16H2. The third-order valence-corrected chi connectivity index (χ3v) is 4.41. The first-order chi connectivity index (χ1) is 8.11. The number of Topliss-reactive ketones (excluding diaryl/α,β-unsaturated/α-hetero) is 1. The van der Waals surface area contributed by atoms with Crippen LogP contribution in [0.2, 0.25) is 0 Å². The van der Waals surface area contributed by atoms with Crippen molar-refractivity contribution in [1.82, 2.24) is 0 Å². The van der Waals surface area contributed by atoms with Gasteiger partial charge in [-0.1, -0.05) is 12.8 Å². The SMILES string of the molecule is Nc1ccc(N)c2c1CC1(CCCC1)CC2=O. The molecule has 0 amide bonds. The lowest BCUT2D eigenvalue weighted by Gasteiger charge is -2.34. The summed E-state index contributed by atoms with van der Waals surface area (Å²) in [5.74, 6) is 0.193. The Bertz CT molecular complexity index is 487. The maximum absolute atomic E-state index is 12.3. The molecule has 3 rings (SSSR count). The Hall–Kier alpha value is -1.51. The van der Waals surface area contributed by atoms with Gasteiger partial charge in [-0.25, -0.2) is 0 Å². The molecule has 1 aromatic carbocycles. The van der Waals surface area contributed by atoms with E-state index in [1.165, 1.54) is 12.8 Å². The first-order valence-electron chi connectivity index (χ1n) is 6.31. The highest BCUT2D eigenvalue weighted by Crippen LogP contribution is 2.49. The minimum absolute atomic E-state index is 0.187. The monoisotopic (exact) mass is 230 g/mol. The Morgan fingerprint density at radius 1 is 1.00 bits per heavy atom. The van der Waals surface area contributed by atoms with Crippen molar-refractivity contribution in [2.24, 2.45) is 5.41 Å². The maximum Gasteiger partial charge on any atom is 0.165 e. The van der Waals surface area contributed by atoms with Crippen LogP contribution in [0.3, 0.4) is 0 Å². The van der Waals surface area contributed by atoms with Crippen LogP contribution in [0.4, 0.5) is 11.4 Å². The van der Waals surface area contributed by atoms with Gasteiger partial charge in [0.2, 0.25) is 0 Å². The lowest BCUT2D eigenvalue weighted by molar-refractivity contribution is 0.0890. The lowest BCUT2D eigenvalue weighted by Crippen LogP contribution is -2.31. The van der Waals surface area contributed by atoms with Crippen molar-refractivity contribution in [3.63, 3.8) is 0 Å². The number of benzene rings is 1. The van der Waals surface area contributed by atoms with Crippen LogP contribution in [-0.2, 0) is 6.42 Å². The van der Waals surface area contributed by atoms with E-state index < -0.39 is 0 Å². The van der Waals surface area contributed by atoms with Gasteiger partial charge >= 0.3 is 0 Å². The van der Waals surface area contributed by atoms with Crippen molar-refractivity contribution in [2.45, 2.75) is 38.5 Å². The Morgan fingerprint density at radius 3 is 2.35 bits per heavy atom. The van der Waals surface area contributed by atoms with E-state index >= 15 is 0 Å². The molecule has 3 heteroatoms. The molecule has 1 fully saturated rings. The number of carbonyl (C=O) groups excluding carboxylic acids is 1.